The number of nitrogens with zero attached hydrogens (tertiary/aromatic N) is 1. The third-order valence-electron chi connectivity index (χ3n) is 0.948. The first-order chi connectivity index (χ1) is 5.41. The first kappa shape index (κ1) is 10.3. The van der Waals surface area contributed by atoms with Crippen molar-refractivity contribution >= 4 is 12.4 Å². The molecule has 4 heteroatoms. The summed E-state index contributed by atoms with van der Waals surface area (Å²) in [6.07, 6.45) is 2.91. The summed E-state index contributed by atoms with van der Waals surface area (Å²) >= 11 is 0. The van der Waals surface area contributed by atoms with Gasteiger partial charge in [0.25, 0.3) is 0 Å². The third-order valence-corrected chi connectivity index (χ3v) is 0.948. The highest BCUT2D eigenvalue weighted by Gasteiger charge is 1.84. The molecule has 0 spiro atoms. The number of aliphatic imine (C=N–C) groups is 1. The molecule has 0 atom stereocenters. The largest absolute Gasteiger partial charge is 0.373 e. The molecule has 0 bridgehead atoms. The van der Waals surface area contributed by atoms with Crippen LogP contribution in [-0.2, 0) is 9.47 Å². The maximum absolute atomic E-state index is 6.64. The predicted molar refractivity (Wildman–Crippen MR) is 44.8 cm³/mol. The number of nitrogens with one attached hydrogen (secondary N) is 1. The summed E-state index contributed by atoms with van der Waals surface area (Å²) in [4.78, 5) is 3.74. The van der Waals surface area contributed by atoms with Gasteiger partial charge in [0, 0.05) is 19.5 Å². The topological polar surface area (TPSA) is 54.7 Å². The van der Waals surface area contributed by atoms with Crippen LogP contribution in [0.5, 0.6) is 0 Å². The van der Waals surface area contributed by atoms with Crippen LogP contribution in [0.3, 0.4) is 0 Å². The predicted octanol–water partition coefficient (Wildman–Crippen LogP) is 0.370. The lowest BCUT2D eigenvalue weighted by Crippen LogP contribution is -2.06. The Morgan fingerprint density at radius 2 is 1.91 bits per heavy atom. The molecule has 0 aromatic heterocycles. The smallest absolute Gasteiger partial charge is 0.0815 e. The van der Waals surface area contributed by atoms with Gasteiger partial charge in [-0.15, -0.1) is 0 Å². The molecule has 0 fully saturated rings. The summed E-state index contributed by atoms with van der Waals surface area (Å²) < 4.78 is 10.0. The maximum Gasteiger partial charge on any atom is 0.0815 e. The van der Waals surface area contributed by atoms with Crippen LogP contribution in [0.4, 0.5) is 0 Å². The minimum atomic E-state index is 0.366. The average molecular weight is 158 g/mol. The van der Waals surface area contributed by atoms with Crippen LogP contribution >= 0.6 is 0 Å². The van der Waals surface area contributed by atoms with Crippen LogP contribution in [-0.4, -0.2) is 45.9 Å². The highest BCUT2D eigenvalue weighted by Crippen LogP contribution is 1.75. The van der Waals surface area contributed by atoms with Crippen LogP contribution < -0.4 is 0 Å². The molecule has 0 aliphatic carbocycles. The van der Waals surface area contributed by atoms with Gasteiger partial charge in [-0.05, 0) is 0 Å². The Hall–Kier alpha value is -0.740. The van der Waals surface area contributed by atoms with E-state index in [-0.39, 0.29) is 0 Å². The maximum atomic E-state index is 6.64. The second-order valence-electron chi connectivity index (χ2n) is 1.79. The Morgan fingerprint density at radius 1 is 1.27 bits per heavy atom. The summed E-state index contributed by atoms with van der Waals surface area (Å²) in [5.41, 5.74) is 0. The van der Waals surface area contributed by atoms with Crippen LogP contribution in [0.2, 0.25) is 0 Å². The molecule has 4 nitrogen and oxygen atoms in total. The Morgan fingerprint density at radius 3 is 2.45 bits per heavy atom. The van der Waals surface area contributed by atoms with Gasteiger partial charge in [0.05, 0.1) is 26.4 Å². The van der Waals surface area contributed by atoms with Gasteiger partial charge in [0.1, 0.15) is 0 Å². The van der Waals surface area contributed by atoms with E-state index in [1.165, 1.54) is 6.21 Å². The number of ether oxygens (including phenoxy) is 2. The van der Waals surface area contributed by atoms with Crippen molar-refractivity contribution in [1.29, 1.82) is 5.41 Å². The van der Waals surface area contributed by atoms with Gasteiger partial charge in [-0.1, -0.05) is 0 Å². The molecule has 0 saturated heterocycles. The molecule has 0 saturated carbocycles. The van der Waals surface area contributed by atoms with E-state index in [1.54, 1.807) is 13.3 Å². The van der Waals surface area contributed by atoms with Crippen LogP contribution in [0.15, 0.2) is 4.99 Å². The molecule has 0 radical (unpaired) electrons. The zero-order valence-corrected chi connectivity index (χ0v) is 6.75. The molecule has 0 rings (SSSR count). The molecule has 0 unspecified atom stereocenters. The van der Waals surface area contributed by atoms with Gasteiger partial charge in [0.15, 0.2) is 0 Å². The van der Waals surface area contributed by atoms with Crippen molar-refractivity contribution in [3.63, 3.8) is 0 Å². The fourth-order valence-corrected chi connectivity index (χ4v) is 0.471. The minimum Gasteiger partial charge on any atom is -0.373 e. The Labute approximate surface area is 66.7 Å². The van der Waals surface area contributed by atoms with Gasteiger partial charge >= 0.3 is 0 Å². The summed E-state index contributed by atoms with van der Waals surface area (Å²) in [6.45, 7) is 1.99. The van der Waals surface area contributed by atoms with E-state index in [2.05, 4.69) is 4.99 Å². The lowest BCUT2D eigenvalue weighted by molar-refractivity contribution is 0.0809. The van der Waals surface area contributed by atoms with Gasteiger partial charge < -0.3 is 14.9 Å². The summed E-state index contributed by atoms with van der Waals surface area (Å²) in [6, 6.07) is 0. The van der Waals surface area contributed by atoms with Crippen molar-refractivity contribution < 1.29 is 9.47 Å². The van der Waals surface area contributed by atoms with Gasteiger partial charge in [-0.3, -0.25) is 4.99 Å². The van der Waals surface area contributed by atoms with E-state index in [0.29, 0.717) is 26.4 Å². The number of rotatable bonds is 7. The van der Waals surface area contributed by atoms with Crippen molar-refractivity contribution in [3.8, 4) is 0 Å². The molecule has 0 heterocycles. The Balaban J connectivity index is 2.84. The van der Waals surface area contributed by atoms with E-state index in [0.717, 1.165) is 0 Å². The van der Waals surface area contributed by atoms with E-state index >= 15 is 0 Å². The third kappa shape index (κ3) is 9.26. The van der Waals surface area contributed by atoms with E-state index in [1.807, 2.05) is 0 Å². The highest BCUT2D eigenvalue weighted by molar-refractivity contribution is 5.58. The molecule has 0 aliphatic heterocycles. The molecule has 0 amide bonds. The number of hydrogen-bond donors (Lipinski definition) is 1. The Bertz CT molecular complexity index is 115. The van der Waals surface area contributed by atoms with Crippen LogP contribution in [0, 0.1) is 5.41 Å². The zero-order chi connectivity index (χ0) is 8.36. The molecular formula is C7H14N2O2. The van der Waals surface area contributed by atoms with Gasteiger partial charge in [-0.25, -0.2) is 0 Å². The zero-order valence-electron chi connectivity index (χ0n) is 6.75. The molecule has 64 valence electrons. The summed E-state index contributed by atoms with van der Waals surface area (Å²) in [5, 5.41) is 6.64. The van der Waals surface area contributed by atoms with E-state index in [9.17, 15) is 0 Å². The minimum absolute atomic E-state index is 0.366. The normalized spacial score (nSPS) is 10.6. The summed E-state index contributed by atoms with van der Waals surface area (Å²) in [7, 11) is 1.70. The first-order valence-electron chi connectivity index (χ1n) is 3.47. The lowest BCUT2D eigenvalue weighted by atomic mass is 10.7. The first-order valence-corrected chi connectivity index (χ1v) is 3.47. The van der Waals surface area contributed by atoms with Gasteiger partial charge in [-0.2, -0.15) is 0 Å². The molecule has 1 N–H and O–H groups in total. The summed E-state index contributed by atoms with van der Waals surface area (Å²) in [5.74, 6) is 0. The van der Waals surface area contributed by atoms with E-state index < -0.39 is 0 Å². The fraction of sp³-hybridized carbons (Fsp3) is 0.714. The molecule has 0 aromatic rings. The van der Waals surface area contributed by atoms with Gasteiger partial charge in [0.2, 0.25) is 0 Å². The Kier molecular flexibility index (Phi) is 8.64. The highest BCUT2D eigenvalue weighted by atomic mass is 16.5. The fourth-order valence-electron chi connectivity index (χ4n) is 0.471. The van der Waals surface area contributed by atoms with E-state index in [4.69, 9.17) is 14.9 Å². The van der Waals surface area contributed by atoms with Crippen molar-refractivity contribution in [1.82, 2.24) is 0 Å². The molecule has 0 aromatic carbocycles. The second-order valence-corrected chi connectivity index (χ2v) is 1.79. The van der Waals surface area contributed by atoms with Crippen molar-refractivity contribution in [2.45, 2.75) is 0 Å². The molecule has 11 heavy (non-hydrogen) atoms. The quantitative estimate of drug-likeness (QED) is 0.430. The standard InChI is InChI=1S/C7H14N2O2/c1-9-3-5-11-7-6-10-4-2-8/h2-3,8H,4-7H2,1H3. The van der Waals surface area contributed by atoms with Crippen molar-refractivity contribution in [2.75, 3.05) is 33.5 Å². The SMILES string of the molecule is CN=CCOCCOCC=N. The van der Waals surface area contributed by atoms with Crippen LogP contribution in [0.1, 0.15) is 0 Å². The average Bonchev–Trinajstić information content (AvgIpc) is 2.03. The lowest BCUT2D eigenvalue weighted by Gasteiger charge is -1.99. The van der Waals surface area contributed by atoms with Crippen molar-refractivity contribution in [3.05, 3.63) is 0 Å². The van der Waals surface area contributed by atoms with Crippen molar-refractivity contribution in [2.24, 2.45) is 4.99 Å². The number of hydrogen-bond acceptors (Lipinski definition) is 4. The monoisotopic (exact) mass is 158 g/mol. The second kappa shape index (κ2) is 9.26. The van der Waals surface area contributed by atoms with Crippen LogP contribution in [0.25, 0.3) is 0 Å². The molecule has 0 aliphatic rings. The molecular weight excluding hydrogens is 144 g/mol.